The monoisotopic (exact) mass is 414 g/mol. The van der Waals surface area contributed by atoms with E-state index in [2.05, 4.69) is 9.71 Å². The molecule has 0 aliphatic heterocycles. The Morgan fingerprint density at radius 1 is 1.26 bits per heavy atom. The molecule has 3 N–H and O–H groups in total. The van der Waals surface area contributed by atoms with Crippen LogP contribution in [0.5, 0.6) is 0 Å². The summed E-state index contributed by atoms with van der Waals surface area (Å²) in [6, 6.07) is 5.14. The zero-order chi connectivity index (χ0) is 18.7. The number of pyridine rings is 1. The number of fused-ring (bicyclic) bond motifs is 1. The molecule has 148 valence electrons. The maximum absolute atomic E-state index is 13.0. The third kappa shape index (κ3) is 4.55. The number of nitrogens with two attached hydrogens (primary N) is 1. The zero-order valence-electron chi connectivity index (χ0n) is 14.7. The third-order valence-electron chi connectivity index (χ3n) is 4.98. The second kappa shape index (κ2) is 8.92. The van der Waals surface area contributed by atoms with Gasteiger partial charge in [-0.25, -0.2) is 13.1 Å². The molecule has 1 unspecified atom stereocenters. The number of nitro groups is 1. The van der Waals surface area contributed by atoms with Crippen LogP contribution in [0.2, 0.25) is 0 Å². The fourth-order valence-corrected chi connectivity index (χ4v) is 5.12. The maximum atomic E-state index is 13.0. The summed E-state index contributed by atoms with van der Waals surface area (Å²) in [4.78, 5) is 14.7. The number of sulfonamides is 1. The Balaban J connectivity index is 0.00000261. The van der Waals surface area contributed by atoms with E-state index in [0.717, 1.165) is 32.1 Å². The molecular formula is C17H23ClN4O4S. The minimum atomic E-state index is -3.91. The van der Waals surface area contributed by atoms with Gasteiger partial charge in [0, 0.05) is 24.8 Å². The van der Waals surface area contributed by atoms with Gasteiger partial charge in [-0.05, 0) is 37.0 Å². The van der Waals surface area contributed by atoms with Crippen molar-refractivity contribution in [1.29, 1.82) is 0 Å². The fourth-order valence-electron chi connectivity index (χ4n) is 3.64. The molecule has 1 aliphatic carbocycles. The molecule has 2 aromatic rings. The van der Waals surface area contributed by atoms with Crippen LogP contribution in [0, 0.1) is 16.0 Å². The van der Waals surface area contributed by atoms with Crippen molar-refractivity contribution in [2.45, 2.75) is 43.0 Å². The van der Waals surface area contributed by atoms with Crippen LogP contribution in [0.15, 0.2) is 35.4 Å². The number of hydrogen-bond donors (Lipinski definition) is 2. The van der Waals surface area contributed by atoms with Crippen molar-refractivity contribution < 1.29 is 13.3 Å². The van der Waals surface area contributed by atoms with Crippen LogP contribution >= 0.6 is 12.4 Å². The Hall–Kier alpha value is -1.81. The van der Waals surface area contributed by atoms with Crippen LogP contribution in [0.1, 0.15) is 32.1 Å². The van der Waals surface area contributed by atoms with Crippen molar-refractivity contribution in [3.05, 3.63) is 40.6 Å². The molecule has 3 rings (SSSR count). The molecule has 0 bridgehead atoms. The van der Waals surface area contributed by atoms with Crippen molar-refractivity contribution in [3.8, 4) is 0 Å². The number of hydrogen-bond acceptors (Lipinski definition) is 6. The quantitative estimate of drug-likeness (QED) is 0.552. The summed E-state index contributed by atoms with van der Waals surface area (Å²) in [5, 5.41) is 11.4. The molecule has 0 spiro atoms. The van der Waals surface area contributed by atoms with Crippen molar-refractivity contribution >= 4 is 39.0 Å². The summed E-state index contributed by atoms with van der Waals surface area (Å²) in [5.41, 5.74) is 5.75. The molecule has 0 saturated heterocycles. The highest BCUT2D eigenvalue weighted by Crippen LogP contribution is 2.31. The summed E-state index contributed by atoms with van der Waals surface area (Å²) in [6.07, 6.45) is 6.63. The Bertz CT molecular complexity index is 916. The summed E-state index contributed by atoms with van der Waals surface area (Å²) in [5.74, 6) is 0.209. The first-order valence-corrected chi connectivity index (χ1v) is 10.2. The first-order valence-electron chi connectivity index (χ1n) is 8.68. The minimum Gasteiger partial charge on any atom is -0.329 e. The van der Waals surface area contributed by atoms with Crippen molar-refractivity contribution in [3.63, 3.8) is 0 Å². The van der Waals surface area contributed by atoms with Crippen LogP contribution in [0.4, 0.5) is 5.69 Å². The topological polar surface area (TPSA) is 128 Å². The Morgan fingerprint density at radius 3 is 2.59 bits per heavy atom. The van der Waals surface area contributed by atoms with Crippen LogP contribution < -0.4 is 10.5 Å². The summed E-state index contributed by atoms with van der Waals surface area (Å²) in [6.45, 7) is 0.211. The summed E-state index contributed by atoms with van der Waals surface area (Å²) < 4.78 is 28.6. The normalized spacial score (nSPS) is 16.6. The number of nitrogens with one attached hydrogen (secondary N) is 1. The molecule has 8 nitrogen and oxygen atoms in total. The van der Waals surface area contributed by atoms with E-state index in [-0.39, 0.29) is 52.4 Å². The smallest absolute Gasteiger partial charge is 0.278 e. The van der Waals surface area contributed by atoms with Gasteiger partial charge >= 0.3 is 0 Å². The van der Waals surface area contributed by atoms with Crippen molar-refractivity contribution in [2.24, 2.45) is 11.7 Å². The lowest BCUT2D eigenvalue weighted by Crippen LogP contribution is -2.45. The highest BCUT2D eigenvalue weighted by atomic mass is 35.5. The molecule has 1 atom stereocenters. The van der Waals surface area contributed by atoms with Crippen LogP contribution in [0.25, 0.3) is 10.9 Å². The SMILES string of the molecule is Cl.NCC(NS(=O)(=O)c1ccc([N+](=O)[O-])c2cccnc12)C1CCCCC1. The summed E-state index contributed by atoms with van der Waals surface area (Å²) >= 11 is 0. The van der Waals surface area contributed by atoms with Gasteiger partial charge in [0.15, 0.2) is 0 Å². The molecule has 1 aromatic carbocycles. The lowest BCUT2D eigenvalue weighted by molar-refractivity contribution is -0.383. The Labute approximate surface area is 164 Å². The van der Waals surface area contributed by atoms with Gasteiger partial charge in [0.2, 0.25) is 10.0 Å². The number of nitro benzene ring substituents is 1. The zero-order valence-corrected chi connectivity index (χ0v) is 16.3. The molecule has 1 saturated carbocycles. The van der Waals surface area contributed by atoms with E-state index < -0.39 is 14.9 Å². The molecule has 1 aromatic heterocycles. The molecule has 1 fully saturated rings. The van der Waals surface area contributed by atoms with E-state index >= 15 is 0 Å². The Kier molecular flexibility index (Phi) is 7.10. The van der Waals surface area contributed by atoms with E-state index in [1.165, 1.54) is 24.4 Å². The van der Waals surface area contributed by atoms with E-state index in [0.29, 0.717) is 0 Å². The number of aromatic nitrogens is 1. The lowest BCUT2D eigenvalue weighted by atomic mass is 9.84. The minimum absolute atomic E-state index is 0. The number of halogens is 1. The van der Waals surface area contributed by atoms with Gasteiger partial charge in [-0.15, -0.1) is 12.4 Å². The lowest BCUT2D eigenvalue weighted by Gasteiger charge is -2.29. The molecule has 10 heteroatoms. The van der Waals surface area contributed by atoms with E-state index in [9.17, 15) is 18.5 Å². The predicted molar refractivity (Wildman–Crippen MR) is 105 cm³/mol. The van der Waals surface area contributed by atoms with Crippen molar-refractivity contribution in [1.82, 2.24) is 9.71 Å². The number of benzene rings is 1. The molecular weight excluding hydrogens is 392 g/mol. The Morgan fingerprint density at radius 2 is 1.96 bits per heavy atom. The maximum Gasteiger partial charge on any atom is 0.278 e. The van der Waals surface area contributed by atoms with Gasteiger partial charge in [0.1, 0.15) is 4.90 Å². The average Bonchev–Trinajstić information content (AvgIpc) is 2.65. The molecule has 0 radical (unpaired) electrons. The molecule has 0 amide bonds. The van der Waals surface area contributed by atoms with Crippen LogP contribution in [-0.4, -0.2) is 30.9 Å². The van der Waals surface area contributed by atoms with E-state index in [4.69, 9.17) is 5.73 Å². The van der Waals surface area contributed by atoms with E-state index in [1.807, 2.05) is 0 Å². The average molecular weight is 415 g/mol. The van der Waals surface area contributed by atoms with Crippen LogP contribution in [0.3, 0.4) is 0 Å². The molecule has 27 heavy (non-hydrogen) atoms. The predicted octanol–water partition coefficient (Wildman–Crippen LogP) is 2.75. The molecule has 1 heterocycles. The van der Waals surface area contributed by atoms with Gasteiger partial charge in [-0.3, -0.25) is 15.1 Å². The van der Waals surface area contributed by atoms with Gasteiger partial charge in [0.05, 0.1) is 15.8 Å². The first kappa shape index (κ1) is 21.5. The highest BCUT2D eigenvalue weighted by molar-refractivity contribution is 7.89. The second-order valence-electron chi connectivity index (χ2n) is 6.60. The van der Waals surface area contributed by atoms with Gasteiger partial charge in [-0.1, -0.05) is 19.3 Å². The van der Waals surface area contributed by atoms with Gasteiger partial charge < -0.3 is 5.73 Å². The standard InChI is InChI=1S/C17H22N4O4S.ClH/c18-11-14(12-5-2-1-3-6-12)20-26(24,25)16-9-8-15(21(22)23)13-7-4-10-19-17(13)16;/h4,7-10,12,14,20H,1-3,5-6,11,18H2;1H. The van der Waals surface area contributed by atoms with Gasteiger partial charge in [-0.2, -0.15) is 0 Å². The fraction of sp³-hybridized carbons (Fsp3) is 0.471. The number of nitrogens with zero attached hydrogens (tertiary/aromatic N) is 2. The number of non-ortho nitro benzene ring substituents is 1. The summed E-state index contributed by atoms with van der Waals surface area (Å²) in [7, 11) is -3.91. The molecule has 1 aliphatic rings. The second-order valence-corrected chi connectivity index (χ2v) is 8.28. The largest absolute Gasteiger partial charge is 0.329 e. The third-order valence-corrected chi connectivity index (χ3v) is 6.50. The highest BCUT2D eigenvalue weighted by Gasteiger charge is 2.29. The van der Waals surface area contributed by atoms with Crippen molar-refractivity contribution in [2.75, 3.05) is 6.54 Å². The van der Waals surface area contributed by atoms with Gasteiger partial charge in [0.25, 0.3) is 5.69 Å². The first-order chi connectivity index (χ1) is 12.4. The number of rotatable bonds is 6. The van der Waals surface area contributed by atoms with E-state index in [1.54, 1.807) is 6.07 Å². The van der Waals surface area contributed by atoms with Crippen LogP contribution in [-0.2, 0) is 10.0 Å².